The predicted octanol–water partition coefficient (Wildman–Crippen LogP) is 3.58. The number of aliphatic hydroxyl groups is 1. The Morgan fingerprint density at radius 3 is 2.56 bits per heavy atom. The van der Waals surface area contributed by atoms with Crippen molar-refractivity contribution in [1.29, 1.82) is 0 Å². The van der Waals surface area contributed by atoms with Crippen molar-refractivity contribution in [2.75, 3.05) is 5.32 Å². The normalized spacial score (nSPS) is 19.8. The molecule has 1 aliphatic carbocycles. The summed E-state index contributed by atoms with van der Waals surface area (Å²) in [7, 11) is 0. The Bertz CT molecular complexity index is 872. The molecule has 4 rings (SSSR count). The summed E-state index contributed by atoms with van der Waals surface area (Å²) in [5.41, 5.74) is 1.66. The number of halogens is 1. The minimum atomic E-state index is -0.267. The molecule has 1 aliphatic rings. The molecule has 7 heteroatoms. The van der Waals surface area contributed by atoms with Crippen LogP contribution in [-0.2, 0) is 6.42 Å². The van der Waals surface area contributed by atoms with E-state index in [9.17, 15) is 9.50 Å². The van der Waals surface area contributed by atoms with Crippen molar-refractivity contribution in [2.45, 2.75) is 44.2 Å². The lowest BCUT2D eigenvalue weighted by molar-refractivity contribution is 0.126. The fraction of sp³-hybridized carbons (Fsp3) is 0.350. The molecule has 1 aromatic carbocycles. The summed E-state index contributed by atoms with van der Waals surface area (Å²) in [6, 6.07) is 10.4. The number of rotatable bonds is 5. The molecule has 0 aliphatic heterocycles. The van der Waals surface area contributed by atoms with E-state index in [4.69, 9.17) is 4.52 Å². The van der Waals surface area contributed by atoms with Crippen LogP contribution in [0.15, 0.2) is 47.1 Å². The van der Waals surface area contributed by atoms with Gasteiger partial charge >= 0.3 is 0 Å². The first-order chi connectivity index (χ1) is 13.2. The van der Waals surface area contributed by atoms with Crippen LogP contribution in [0.2, 0.25) is 0 Å². The summed E-state index contributed by atoms with van der Waals surface area (Å²) in [6.07, 6.45) is 5.56. The Labute approximate surface area is 156 Å². The van der Waals surface area contributed by atoms with E-state index in [1.807, 2.05) is 12.1 Å². The van der Waals surface area contributed by atoms with Crippen LogP contribution < -0.4 is 5.32 Å². The van der Waals surface area contributed by atoms with Crippen LogP contribution in [0.3, 0.4) is 0 Å². The van der Waals surface area contributed by atoms with Gasteiger partial charge in [0.1, 0.15) is 11.6 Å². The van der Waals surface area contributed by atoms with Gasteiger partial charge in [-0.3, -0.25) is 0 Å². The molecular weight excluding hydrogens is 347 g/mol. The molecule has 27 heavy (non-hydrogen) atoms. The summed E-state index contributed by atoms with van der Waals surface area (Å²) in [4.78, 5) is 8.82. The number of aromatic nitrogens is 3. The maximum atomic E-state index is 13.0. The number of hydrogen-bond acceptors (Lipinski definition) is 6. The van der Waals surface area contributed by atoms with E-state index in [0.29, 0.717) is 24.2 Å². The quantitative estimate of drug-likeness (QED) is 0.716. The topological polar surface area (TPSA) is 84.1 Å². The van der Waals surface area contributed by atoms with E-state index in [1.54, 1.807) is 18.3 Å². The van der Waals surface area contributed by atoms with Crippen LogP contribution in [-0.4, -0.2) is 32.4 Å². The lowest BCUT2D eigenvalue weighted by atomic mass is 9.93. The van der Waals surface area contributed by atoms with Gasteiger partial charge in [0.05, 0.1) is 11.7 Å². The molecule has 3 aromatic rings. The number of hydrogen-bond donors (Lipinski definition) is 2. The second-order valence-electron chi connectivity index (χ2n) is 6.90. The zero-order valence-corrected chi connectivity index (χ0v) is 14.8. The third-order valence-corrected chi connectivity index (χ3v) is 4.80. The highest BCUT2D eigenvalue weighted by Gasteiger charge is 2.19. The van der Waals surface area contributed by atoms with Crippen LogP contribution in [0.1, 0.15) is 37.1 Å². The highest BCUT2D eigenvalue weighted by Crippen LogP contribution is 2.23. The number of aliphatic hydroxyl groups excluding tert-OH is 1. The van der Waals surface area contributed by atoms with Gasteiger partial charge in [0.2, 0.25) is 0 Å². The van der Waals surface area contributed by atoms with E-state index in [2.05, 4.69) is 20.4 Å². The van der Waals surface area contributed by atoms with E-state index >= 15 is 0 Å². The SMILES string of the molecule is OC1CCC(Nc2ccc(-c3nc(Cc4ccc(F)cc4)no3)cn2)CC1. The van der Waals surface area contributed by atoms with Gasteiger partial charge in [-0.05, 0) is 55.5 Å². The molecule has 0 radical (unpaired) electrons. The first-order valence-corrected chi connectivity index (χ1v) is 9.14. The molecule has 0 amide bonds. The van der Waals surface area contributed by atoms with Crippen molar-refractivity contribution in [3.8, 4) is 11.5 Å². The zero-order chi connectivity index (χ0) is 18.6. The first kappa shape index (κ1) is 17.6. The fourth-order valence-electron chi connectivity index (χ4n) is 3.26. The van der Waals surface area contributed by atoms with Crippen molar-refractivity contribution in [1.82, 2.24) is 15.1 Å². The van der Waals surface area contributed by atoms with E-state index < -0.39 is 0 Å². The minimum Gasteiger partial charge on any atom is -0.393 e. The largest absolute Gasteiger partial charge is 0.393 e. The molecule has 1 saturated carbocycles. The van der Waals surface area contributed by atoms with Crippen molar-refractivity contribution in [3.05, 3.63) is 59.8 Å². The van der Waals surface area contributed by atoms with Crippen LogP contribution in [0, 0.1) is 5.82 Å². The second-order valence-corrected chi connectivity index (χ2v) is 6.90. The molecule has 140 valence electrons. The van der Waals surface area contributed by atoms with Gasteiger partial charge in [0, 0.05) is 18.7 Å². The third kappa shape index (κ3) is 4.49. The molecule has 2 heterocycles. The standard InChI is InChI=1S/C20H21FN4O2/c21-15-4-1-13(2-5-15)11-19-24-20(27-25-19)14-3-10-18(22-12-14)23-16-6-8-17(26)9-7-16/h1-5,10,12,16-17,26H,6-9,11H2,(H,22,23). The molecule has 6 nitrogen and oxygen atoms in total. The molecule has 1 fully saturated rings. The van der Waals surface area contributed by atoms with Crippen molar-refractivity contribution < 1.29 is 14.0 Å². The Morgan fingerprint density at radius 2 is 1.85 bits per heavy atom. The lowest BCUT2D eigenvalue weighted by Gasteiger charge is -2.26. The molecule has 2 N–H and O–H groups in total. The number of benzene rings is 1. The Hall–Kier alpha value is -2.80. The zero-order valence-electron chi connectivity index (χ0n) is 14.8. The molecule has 0 bridgehead atoms. The summed E-state index contributed by atoms with van der Waals surface area (Å²) < 4.78 is 18.3. The summed E-state index contributed by atoms with van der Waals surface area (Å²) in [5.74, 6) is 1.48. The van der Waals surface area contributed by atoms with Gasteiger partial charge < -0.3 is 14.9 Å². The number of nitrogens with one attached hydrogen (secondary N) is 1. The summed E-state index contributed by atoms with van der Waals surface area (Å²) in [5, 5.41) is 17.0. The van der Waals surface area contributed by atoms with Crippen molar-refractivity contribution in [3.63, 3.8) is 0 Å². The third-order valence-electron chi connectivity index (χ3n) is 4.80. The minimum absolute atomic E-state index is 0.167. The average Bonchev–Trinajstić information content (AvgIpc) is 3.15. The van der Waals surface area contributed by atoms with Gasteiger partial charge in [-0.15, -0.1) is 0 Å². The second kappa shape index (κ2) is 7.84. The highest BCUT2D eigenvalue weighted by atomic mass is 19.1. The number of pyridine rings is 1. The van der Waals surface area contributed by atoms with Crippen molar-refractivity contribution in [2.24, 2.45) is 0 Å². The van der Waals surface area contributed by atoms with Gasteiger partial charge in [-0.1, -0.05) is 17.3 Å². The van der Waals surface area contributed by atoms with E-state index in [-0.39, 0.29) is 11.9 Å². The monoisotopic (exact) mass is 368 g/mol. The molecule has 0 unspecified atom stereocenters. The maximum absolute atomic E-state index is 13.0. The van der Waals surface area contributed by atoms with Crippen LogP contribution in [0.4, 0.5) is 10.2 Å². The van der Waals surface area contributed by atoms with Crippen LogP contribution in [0.25, 0.3) is 11.5 Å². The summed E-state index contributed by atoms with van der Waals surface area (Å²) in [6.45, 7) is 0. The Morgan fingerprint density at radius 1 is 1.07 bits per heavy atom. The predicted molar refractivity (Wildman–Crippen MR) is 98.6 cm³/mol. The van der Waals surface area contributed by atoms with Gasteiger partial charge in [-0.2, -0.15) is 4.98 Å². The lowest BCUT2D eigenvalue weighted by Crippen LogP contribution is -2.28. The van der Waals surface area contributed by atoms with Crippen molar-refractivity contribution >= 4 is 5.82 Å². The van der Waals surface area contributed by atoms with Gasteiger partial charge in [-0.25, -0.2) is 9.37 Å². The smallest absolute Gasteiger partial charge is 0.259 e. The molecule has 0 atom stereocenters. The average molecular weight is 368 g/mol. The highest BCUT2D eigenvalue weighted by molar-refractivity contribution is 5.54. The van der Waals surface area contributed by atoms with Crippen LogP contribution in [0.5, 0.6) is 0 Å². The maximum Gasteiger partial charge on any atom is 0.259 e. The molecule has 2 aromatic heterocycles. The van der Waals surface area contributed by atoms with E-state index in [0.717, 1.165) is 42.6 Å². The number of nitrogens with zero attached hydrogens (tertiary/aromatic N) is 3. The molecule has 0 spiro atoms. The Kier molecular flexibility index (Phi) is 5.11. The molecule has 0 saturated heterocycles. The van der Waals surface area contributed by atoms with Gasteiger partial charge in [0.15, 0.2) is 5.82 Å². The van der Waals surface area contributed by atoms with E-state index in [1.165, 1.54) is 12.1 Å². The van der Waals surface area contributed by atoms with Crippen LogP contribution >= 0.6 is 0 Å². The summed E-state index contributed by atoms with van der Waals surface area (Å²) >= 11 is 0. The Balaban J connectivity index is 1.39. The number of anilines is 1. The fourth-order valence-corrected chi connectivity index (χ4v) is 3.26. The molecular formula is C20H21FN4O2. The first-order valence-electron chi connectivity index (χ1n) is 9.14. The van der Waals surface area contributed by atoms with Gasteiger partial charge in [0.25, 0.3) is 5.89 Å².